The summed E-state index contributed by atoms with van der Waals surface area (Å²) in [7, 11) is 0. The highest BCUT2D eigenvalue weighted by molar-refractivity contribution is 7.18. The van der Waals surface area contributed by atoms with E-state index in [2.05, 4.69) is 21.4 Å². The molecule has 0 saturated carbocycles. The monoisotopic (exact) mass is 311 g/mol. The Morgan fingerprint density at radius 3 is 2.91 bits per heavy atom. The van der Waals surface area contributed by atoms with Gasteiger partial charge in [-0.05, 0) is 43.5 Å². The molecule has 0 aliphatic carbocycles. The average Bonchev–Trinajstić information content (AvgIpc) is 2.92. The van der Waals surface area contributed by atoms with Gasteiger partial charge in [0.15, 0.2) is 0 Å². The molecule has 3 rings (SSSR count). The van der Waals surface area contributed by atoms with Gasteiger partial charge in [-0.2, -0.15) is 0 Å². The SMILES string of the molecule is Cc1cccnc1NC(=O)CCCc1nc2ccccc2s1. The summed E-state index contributed by atoms with van der Waals surface area (Å²) in [5.74, 6) is 0.649. The van der Waals surface area contributed by atoms with Gasteiger partial charge in [0.1, 0.15) is 5.82 Å². The van der Waals surface area contributed by atoms with Crippen LogP contribution in [0.5, 0.6) is 0 Å². The predicted molar refractivity (Wildman–Crippen MR) is 90.2 cm³/mol. The maximum absolute atomic E-state index is 12.0. The Bertz CT molecular complexity index is 764. The second kappa shape index (κ2) is 6.66. The first-order chi connectivity index (χ1) is 10.7. The van der Waals surface area contributed by atoms with Crippen LogP contribution in [-0.4, -0.2) is 15.9 Å². The number of rotatable bonds is 5. The van der Waals surface area contributed by atoms with Crippen LogP contribution in [0.2, 0.25) is 0 Å². The van der Waals surface area contributed by atoms with Crippen LogP contribution in [0.15, 0.2) is 42.6 Å². The Kier molecular flexibility index (Phi) is 4.44. The van der Waals surface area contributed by atoms with Gasteiger partial charge in [0, 0.05) is 12.6 Å². The summed E-state index contributed by atoms with van der Waals surface area (Å²) in [5, 5.41) is 3.94. The summed E-state index contributed by atoms with van der Waals surface area (Å²) < 4.78 is 1.20. The van der Waals surface area contributed by atoms with Gasteiger partial charge in [-0.25, -0.2) is 9.97 Å². The van der Waals surface area contributed by atoms with Crippen molar-refractivity contribution in [2.24, 2.45) is 0 Å². The number of aryl methyl sites for hydroxylation is 2. The molecule has 1 aromatic carbocycles. The van der Waals surface area contributed by atoms with E-state index in [0.29, 0.717) is 12.2 Å². The summed E-state index contributed by atoms with van der Waals surface area (Å²) in [5.41, 5.74) is 2.01. The molecule has 0 unspecified atom stereocenters. The fraction of sp³-hybridized carbons (Fsp3) is 0.235. The summed E-state index contributed by atoms with van der Waals surface area (Å²) in [6.07, 6.45) is 3.78. The van der Waals surface area contributed by atoms with Crippen LogP contribution in [0.4, 0.5) is 5.82 Å². The van der Waals surface area contributed by atoms with Crippen LogP contribution in [0.1, 0.15) is 23.4 Å². The second-order valence-electron chi connectivity index (χ2n) is 5.15. The van der Waals surface area contributed by atoms with E-state index < -0.39 is 0 Å². The van der Waals surface area contributed by atoms with Gasteiger partial charge in [-0.3, -0.25) is 4.79 Å². The van der Waals surface area contributed by atoms with E-state index in [-0.39, 0.29) is 5.91 Å². The number of thiazole rings is 1. The van der Waals surface area contributed by atoms with E-state index >= 15 is 0 Å². The zero-order chi connectivity index (χ0) is 15.4. The molecule has 0 fully saturated rings. The van der Waals surface area contributed by atoms with Crippen molar-refractivity contribution in [3.05, 3.63) is 53.2 Å². The lowest BCUT2D eigenvalue weighted by Crippen LogP contribution is -2.13. The van der Waals surface area contributed by atoms with E-state index in [9.17, 15) is 4.79 Å². The number of aromatic nitrogens is 2. The van der Waals surface area contributed by atoms with Gasteiger partial charge in [0.2, 0.25) is 5.91 Å². The Hall–Kier alpha value is -2.27. The molecule has 1 amide bonds. The molecule has 1 N–H and O–H groups in total. The molecule has 0 spiro atoms. The Balaban J connectivity index is 1.52. The maximum atomic E-state index is 12.0. The first kappa shape index (κ1) is 14.7. The number of carbonyl (C=O) groups is 1. The summed E-state index contributed by atoms with van der Waals surface area (Å²) >= 11 is 1.70. The van der Waals surface area contributed by atoms with E-state index in [0.717, 1.165) is 28.9 Å². The van der Waals surface area contributed by atoms with E-state index in [1.807, 2.05) is 37.3 Å². The van der Waals surface area contributed by atoms with Gasteiger partial charge in [0.25, 0.3) is 0 Å². The molecule has 0 aliphatic heterocycles. The Morgan fingerprint density at radius 1 is 1.23 bits per heavy atom. The number of hydrogen-bond acceptors (Lipinski definition) is 4. The predicted octanol–water partition coefficient (Wildman–Crippen LogP) is 3.96. The number of hydrogen-bond donors (Lipinski definition) is 1. The van der Waals surface area contributed by atoms with Crippen LogP contribution < -0.4 is 5.32 Å². The lowest BCUT2D eigenvalue weighted by molar-refractivity contribution is -0.116. The van der Waals surface area contributed by atoms with Crippen molar-refractivity contribution in [2.45, 2.75) is 26.2 Å². The molecule has 22 heavy (non-hydrogen) atoms. The molecule has 2 aromatic heterocycles. The average molecular weight is 311 g/mol. The third kappa shape index (κ3) is 3.49. The fourth-order valence-corrected chi connectivity index (χ4v) is 3.25. The molecule has 112 valence electrons. The van der Waals surface area contributed by atoms with Crippen LogP contribution in [-0.2, 0) is 11.2 Å². The van der Waals surface area contributed by atoms with E-state index in [1.54, 1.807) is 17.5 Å². The van der Waals surface area contributed by atoms with Crippen molar-refractivity contribution in [3.8, 4) is 0 Å². The minimum Gasteiger partial charge on any atom is -0.310 e. The third-order valence-electron chi connectivity index (χ3n) is 3.40. The molecular formula is C17H17N3OS. The normalized spacial score (nSPS) is 10.8. The molecule has 0 bridgehead atoms. The van der Waals surface area contributed by atoms with E-state index in [4.69, 9.17) is 0 Å². The lowest BCUT2D eigenvalue weighted by Gasteiger charge is -2.06. The van der Waals surface area contributed by atoms with Gasteiger partial charge in [-0.15, -0.1) is 11.3 Å². The van der Waals surface area contributed by atoms with Crippen molar-refractivity contribution in [3.63, 3.8) is 0 Å². The van der Waals surface area contributed by atoms with Crippen LogP contribution in [0, 0.1) is 6.92 Å². The number of para-hydroxylation sites is 1. The summed E-state index contributed by atoms with van der Waals surface area (Å²) in [6, 6.07) is 11.9. The number of benzene rings is 1. The minimum absolute atomic E-state index is 0.00270. The smallest absolute Gasteiger partial charge is 0.225 e. The van der Waals surface area contributed by atoms with Crippen molar-refractivity contribution < 1.29 is 4.79 Å². The highest BCUT2D eigenvalue weighted by atomic mass is 32.1. The number of pyridine rings is 1. The zero-order valence-electron chi connectivity index (χ0n) is 12.4. The number of nitrogens with one attached hydrogen (secondary N) is 1. The van der Waals surface area contributed by atoms with Crippen molar-refractivity contribution in [1.29, 1.82) is 0 Å². The first-order valence-electron chi connectivity index (χ1n) is 7.28. The van der Waals surface area contributed by atoms with Crippen LogP contribution in [0.3, 0.4) is 0 Å². The Labute approximate surface area is 133 Å². The quantitative estimate of drug-likeness (QED) is 0.776. The van der Waals surface area contributed by atoms with Gasteiger partial charge in [0.05, 0.1) is 15.2 Å². The largest absolute Gasteiger partial charge is 0.310 e. The molecule has 4 nitrogen and oxygen atoms in total. The summed E-state index contributed by atoms with van der Waals surface area (Å²) in [4.78, 5) is 20.7. The number of nitrogens with zero attached hydrogens (tertiary/aromatic N) is 2. The number of carbonyl (C=O) groups excluding carboxylic acids is 1. The maximum Gasteiger partial charge on any atom is 0.225 e. The number of fused-ring (bicyclic) bond motifs is 1. The second-order valence-corrected chi connectivity index (χ2v) is 6.26. The number of amides is 1. The molecule has 0 saturated heterocycles. The highest BCUT2D eigenvalue weighted by Gasteiger charge is 2.07. The zero-order valence-corrected chi connectivity index (χ0v) is 13.2. The molecule has 0 radical (unpaired) electrons. The van der Waals surface area contributed by atoms with Crippen molar-refractivity contribution in [1.82, 2.24) is 9.97 Å². The minimum atomic E-state index is 0.00270. The summed E-state index contributed by atoms with van der Waals surface area (Å²) in [6.45, 7) is 1.93. The van der Waals surface area contributed by atoms with Crippen LogP contribution >= 0.6 is 11.3 Å². The van der Waals surface area contributed by atoms with Crippen LogP contribution in [0.25, 0.3) is 10.2 Å². The molecule has 5 heteroatoms. The number of anilines is 1. The molecule has 2 heterocycles. The fourth-order valence-electron chi connectivity index (χ4n) is 2.24. The lowest BCUT2D eigenvalue weighted by atomic mass is 10.2. The molecule has 3 aromatic rings. The third-order valence-corrected chi connectivity index (χ3v) is 4.50. The van der Waals surface area contributed by atoms with E-state index in [1.165, 1.54) is 4.70 Å². The van der Waals surface area contributed by atoms with Gasteiger partial charge >= 0.3 is 0 Å². The highest BCUT2D eigenvalue weighted by Crippen LogP contribution is 2.22. The van der Waals surface area contributed by atoms with Gasteiger partial charge in [-0.1, -0.05) is 18.2 Å². The van der Waals surface area contributed by atoms with Crippen molar-refractivity contribution in [2.75, 3.05) is 5.32 Å². The Morgan fingerprint density at radius 2 is 2.09 bits per heavy atom. The van der Waals surface area contributed by atoms with Gasteiger partial charge < -0.3 is 5.32 Å². The topological polar surface area (TPSA) is 54.9 Å². The van der Waals surface area contributed by atoms with Crippen molar-refractivity contribution >= 4 is 33.3 Å². The first-order valence-corrected chi connectivity index (χ1v) is 8.10. The molecule has 0 atom stereocenters. The molecular weight excluding hydrogens is 294 g/mol. The standard InChI is InChI=1S/C17H17N3OS/c1-12-6-5-11-18-17(12)20-15(21)9-4-10-16-19-13-7-2-3-8-14(13)22-16/h2-3,5-8,11H,4,9-10H2,1H3,(H,18,20,21). The molecule has 0 aliphatic rings.